The highest BCUT2D eigenvalue weighted by Gasteiger charge is 2.16. The zero-order chi connectivity index (χ0) is 48.7. The van der Waals surface area contributed by atoms with Crippen molar-refractivity contribution in [1.29, 1.82) is 0 Å². The molecule has 9 aromatic carbocycles. The Morgan fingerprint density at radius 1 is 0.437 bits per heavy atom. The molecule has 0 amide bonds. The second kappa shape index (κ2) is 20.5. The van der Waals surface area contributed by atoms with E-state index in [4.69, 9.17) is 13.3 Å². The monoisotopic (exact) mass is 1040 g/mol. The van der Waals surface area contributed by atoms with Crippen molar-refractivity contribution >= 4 is 89.1 Å². The average molecular weight is 1040 g/mol. The molecule has 0 unspecified atom stereocenters. The van der Waals surface area contributed by atoms with Crippen molar-refractivity contribution in [1.82, 2.24) is 19.9 Å². The number of rotatable bonds is 6. The van der Waals surface area contributed by atoms with Gasteiger partial charge in [0.2, 0.25) is 11.8 Å². The van der Waals surface area contributed by atoms with Gasteiger partial charge in [-0.15, -0.1) is 0 Å². The minimum atomic E-state index is -0.371. The topological polar surface area (TPSA) is 180 Å². The molecule has 0 aliphatic rings. The molecule has 13 rings (SSSR count). The summed E-state index contributed by atoms with van der Waals surface area (Å²) in [6.45, 7) is 0. The lowest BCUT2D eigenvalue weighted by molar-refractivity contribution is -0.384. The number of hydrogen-bond acceptors (Lipinski definition) is 10. The molecule has 0 saturated heterocycles. The number of oxazole rings is 3. The molecule has 0 bridgehead atoms. The molecule has 71 heavy (non-hydrogen) atoms. The van der Waals surface area contributed by atoms with Gasteiger partial charge in [-0.2, -0.15) is 0 Å². The Labute approximate surface area is 417 Å². The van der Waals surface area contributed by atoms with Gasteiger partial charge in [0.25, 0.3) is 11.4 Å². The maximum atomic E-state index is 11.2. The lowest BCUT2D eigenvalue weighted by Crippen LogP contribution is -1.91. The zero-order valence-electron chi connectivity index (χ0n) is 37.3. The first kappa shape index (κ1) is 45.5. The Morgan fingerprint density at radius 2 is 0.887 bits per heavy atom. The van der Waals surface area contributed by atoms with Crippen molar-refractivity contribution in [3.05, 3.63) is 243 Å². The van der Waals surface area contributed by atoms with Gasteiger partial charge in [-0.3, -0.25) is 20.2 Å². The highest BCUT2D eigenvalue weighted by molar-refractivity contribution is 14.1. The van der Waals surface area contributed by atoms with Gasteiger partial charge >= 0.3 is 0 Å². The minimum absolute atomic E-state index is 0.0899. The van der Waals surface area contributed by atoms with E-state index in [0.717, 1.165) is 70.2 Å². The molecule has 0 fully saturated rings. The van der Waals surface area contributed by atoms with Gasteiger partial charge in [-0.1, -0.05) is 109 Å². The molecule has 0 aliphatic heterocycles. The van der Waals surface area contributed by atoms with Gasteiger partial charge in [0, 0.05) is 48.6 Å². The van der Waals surface area contributed by atoms with Gasteiger partial charge < -0.3 is 18.2 Å². The molecule has 0 radical (unpaired) electrons. The van der Waals surface area contributed by atoms with E-state index in [9.17, 15) is 20.2 Å². The van der Waals surface area contributed by atoms with Crippen LogP contribution >= 0.6 is 22.6 Å². The van der Waals surface area contributed by atoms with E-state index >= 15 is 0 Å². The fourth-order valence-electron chi connectivity index (χ4n) is 7.96. The van der Waals surface area contributed by atoms with Crippen LogP contribution in [0, 0.1) is 23.8 Å². The lowest BCUT2D eigenvalue weighted by Gasteiger charge is -2.03. The predicted octanol–water partition coefficient (Wildman–Crippen LogP) is 15.9. The molecule has 0 aliphatic carbocycles. The summed E-state index contributed by atoms with van der Waals surface area (Å²) in [7, 11) is 0. The van der Waals surface area contributed by atoms with E-state index in [2.05, 4.69) is 78.9 Å². The van der Waals surface area contributed by atoms with E-state index in [1.165, 1.54) is 29.3 Å². The van der Waals surface area contributed by atoms with Gasteiger partial charge in [0.05, 0.1) is 21.0 Å². The Balaban J connectivity index is 0.000000115. The Bertz CT molecular complexity index is 3900. The Morgan fingerprint density at radius 3 is 1.46 bits per heavy atom. The average Bonchev–Trinajstić information content (AvgIpc) is 4.24. The van der Waals surface area contributed by atoms with Crippen molar-refractivity contribution in [2.45, 2.75) is 0 Å². The van der Waals surface area contributed by atoms with Crippen LogP contribution < -0.4 is 0 Å². The van der Waals surface area contributed by atoms with Gasteiger partial charge in [0.1, 0.15) is 16.6 Å². The fraction of sp³-hybridized carbons (Fsp3) is 0. The molecule has 344 valence electrons. The van der Waals surface area contributed by atoms with E-state index in [0.29, 0.717) is 22.9 Å². The molecule has 1 N–H and O–H groups in total. The first-order valence-corrected chi connectivity index (χ1v) is 23.2. The van der Waals surface area contributed by atoms with Crippen LogP contribution in [0.2, 0.25) is 0 Å². The molecule has 0 spiro atoms. The second-order valence-corrected chi connectivity index (χ2v) is 17.1. The maximum Gasteiger partial charge on any atom is 0.277 e. The van der Waals surface area contributed by atoms with Crippen molar-refractivity contribution in [2.24, 2.45) is 0 Å². The first-order chi connectivity index (χ1) is 34.8. The molecule has 13 aromatic rings. The van der Waals surface area contributed by atoms with Crippen molar-refractivity contribution in [3.63, 3.8) is 0 Å². The standard InChI is InChI=1S/C19H12N2O3.C19H12N2O.C12H8INO2.C7H5NO/c22-21(23)17-7-3-1-5-15(17)13-9-11-14(12-10-13)19-20-16-6-2-4-8-18(16)24-19;1-2-6-15-13(5-1)14-10-9-12(11-17(14)20-15)19-21-16-7-3-4-8-18(16)22-19;13-10-7-5-9(6-8-10)11-3-1-2-4-12(11)14(15)16;1-2-4-7-6(3-1)8-5-9-7/h1-12H;1-11,20H;1-8H;1-5H. The first-order valence-electron chi connectivity index (χ1n) is 22.1. The smallest absolute Gasteiger partial charge is 0.277 e. The van der Waals surface area contributed by atoms with Crippen LogP contribution in [0.25, 0.3) is 100 Å². The van der Waals surface area contributed by atoms with Crippen LogP contribution in [0.3, 0.4) is 0 Å². The molecule has 14 heteroatoms. The van der Waals surface area contributed by atoms with Crippen LogP contribution in [-0.4, -0.2) is 29.8 Å². The highest BCUT2D eigenvalue weighted by atomic mass is 127. The van der Waals surface area contributed by atoms with Crippen molar-refractivity contribution < 1.29 is 23.1 Å². The van der Waals surface area contributed by atoms with Crippen LogP contribution in [0.15, 0.2) is 232 Å². The Kier molecular flexibility index (Phi) is 13.2. The summed E-state index contributed by atoms with van der Waals surface area (Å²) in [5, 5.41) is 24.5. The number of halogens is 1. The Hall–Kier alpha value is -9.28. The number of fused-ring (bicyclic) bond motifs is 6. The van der Waals surface area contributed by atoms with Gasteiger partial charge in [-0.25, -0.2) is 15.0 Å². The number of H-pyrrole nitrogens is 1. The number of nitro groups is 2. The van der Waals surface area contributed by atoms with E-state index in [1.807, 2.05) is 127 Å². The predicted molar refractivity (Wildman–Crippen MR) is 286 cm³/mol. The minimum Gasteiger partial charge on any atom is -0.443 e. The third-order valence-corrected chi connectivity index (χ3v) is 12.1. The maximum absolute atomic E-state index is 11.2. The lowest BCUT2D eigenvalue weighted by atomic mass is 10.0. The number of nitrogens with one attached hydrogen (secondary N) is 1. The van der Waals surface area contributed by atoms with Crippen LogP contribution in [-0.2, 0) is 0 Å². The summed E-state index contributed by atoms with van der Waals surface area (Å²) in [5.74, 6) is 1.19. The third kappa shape index (κ3) is 10.1. The van der Waals surface area contributed by atoms with E-state index in [-0.39, 0.29) is 21.2 Å². The molecule has 0 atom stereocenters. The summed E-state index contributed by atoms with van der Waals surface area (Å²) in [6, 6.07) is 66.2. The molecule has 13 nitrogen and oxygen atoms in total. The SMILES string of the molecule is O=[N+]([O-])c1ccccc1-c1ccc(-c2nc3ccccc3o2)cc1.O=[N+]([O-])c1ccccc1-c1ccc(I)cc1.c1ccc2oc(-c3ccc4c(c3)[nH]c3ccccc34)nc2c1.c1ccc2ocnc2c1. The normalized spacial score (nSPS) is 10.8. The van der Waals surface area contributed by atoms with Gasteiger partial charge in [0.15, 0.2) is 23.1 Å². The van der Waals surface area contributed by atoms with E-state index in [1.54, 1.807) is 36.4 Å². The van der Waals surface area contributed by atoms with Crippen LogP contribution in [0.1, 0.15) is 0 Å². The van der Waals surface area contributed by atoms with Crippen LogP contribution in [0.5, 0.6) is 0 Å². The highest BCUT2D eigenvalue weighted by Crippen LogP contribution is 2.34. The third-order valence-electron chi connectivity index (χ3n) is 11.4. The number of aromatic nitrogens is 4. The number of nitrogens with zero attached hydrogens (tertiary/aromatic N) is 5. The quantitative estimate of drug-likeness (QED) is 0.0956. The summed E-state index contributed by atoms with van der Waals surface area (Å²) in [4.78, 5) is 37.7. The molecule has 4 aromatic heterocycles. The fourth-order valence-corrected chi connectivity index (χ4v) is 8.32. The largest absolute Gasteiger partial charge is 0.443 e. The van der Waals surface area contributed by atoms with E-state index < -0.39 is 0 Å². The molecule has 4 heterocycles. The van der Waals surface area contributed by atoms with Crippen molar-refractivity contribution in [2.75, 3.05) is 0 Å². The number of benzene rings is 9. The second-order valence-electron chi connectivity index (χ2n) is 15.9. The van der Waals surface area contributed by atoms with Gasteiger partial charge in [-0.05, 0) is 125 Å². The summed E-state index contributed by atoms with van der Waals surface area (Å²) in [6.07, 6.45) is 1.45. The number of aromatic amines is 1. The molecule has 0 saturated carbocycles. The number of hydrogen-bond donors (Lipinski definition) is 1. The summed E-state index contributed by atoms with van der Waals surface area (Å²) >= 11 is 2.20. The number of para-hydroxylation sites is 9. The molecular formula is C57H37IN6O7. The zero-order valence-corrected chi connectivity index (χ0v) is 39.4. The summed E-state index contributed by atoms with van der Waals surface area (Å²) < 4.78 is 17.7. The number of nitro benzene ring substituents is 2. The van der Waals surface area contributed by atoms with Crippen molar-refractivity contribution in [3.8, 4) is 45.2 Å². The molecular weight excluding hydrogens is 1010 g/mol. The van der Waals surface area contributed by atoms with Crippen LogP contribution in [0.4, 0.5) is 11.4 Å². The summed E-state index contributed by atoms with van der Waals surface area (Å²) in [5.41, 5.74) is 12.2.